The summed E-state index contributed by atoms with van der Waals surface area (Å²) in [7, 11) is 0. The molecule has 0 atom stereocenters. The van der Waals surface area contributed by atoms with Crippen molar-refractivity contribution in [2.24, 2.45) is 0 Å². The van der Waals surface area contributed by atoms with Gasteiger partial charge in [-0.2, -0.15) is 9.78 Å². The summed E-state index contributed by atoms with van der Waals surface area (Å²) in [6, 6.07) is 8.86. The fraction of sp³-hybridized carbons (Fsp3) is 0. The molecule has 0 bridgehead atoms. The molecule has 3 rings (SSSR count). The number of aromatic amines is 1. The van der Waals surface area contributed by atoms with Gasteiger partial charge in [0.25, 0.3) is 5.56 Å². The minimum absolute atomic E-state index is 0.0238. The Balaban J connectivity index is 2.32. The normalized spacial score (nSPS) is 10.7. The molecule has 0 aliphatic carbocycles. The lowest BCUT2D eigenvalue weighted by molar-refractivity contribution is 0.0697. The summed E-state index contributed by atoms with van der Waals surface area (Å²) >= 11 is 0. The Hall–Kier alpha value is -2.89. The highest BCUT2D eigenvalue weighted by Crippen LogP contribution is 2.20. The number of rotatable bonds is 2. The molecule has 0 aromatic heterocycles. The zero-order chi connectivity index (χ0) is 13.4. The van der Waals surface area contributed by atoms with Crippen LogP contribution in [0.5, 0.6) is 0 Å². The van der Waals surface area contributed by atoms with Crippen LogP contribution in [0.4, 0.5) is 0 Å². The molecular weight excluding hydrogens is 246 g/mol. The van der Waals surface area contributed by atoms with Crippen molar-refractivity contribution in [3.8, 4) is 16.9 Å². The third-order valence-electron chi connectivity index (χ3n) is 2.82. The first-order valence-electron chi connectivity index (χ1n) is 5.57. The van der Waals surface area contributed by atoms with Gasteiger partial charge in [0, 0.05) is 12.4 Å². The molecular formula is C13H9N3O3. The lowest BCUT2D eigenvalue weighted by Crippen LogP contribution is -2.14. The van der Waals surface area contributed by atoms with Crippen LogP contribution in [-0.2, 0) is 0 Å². The number of H-pyrrole nitrogens is 1. The van der Waals surface area contributed by atoms with Gasteiger partial charge in [-0.05, 0) is 12.1 Å². The molecule has 2 aliphatic rings. The van der Waals surface area contributed by atoms with Crippen LogP contribution in [0.25, 0.3) is 16.9 Å². The highest BCUT2D eigenvalue weighted by molar-refractivity contribution is 5.94. The minimum atomic E-state index is -1.13. The fourth-order valence-electron chi connectivity index (χ4n) is 1.93. The summed E-state index contributed by atoms with van der Waals surface area (Å²) in [4.78, 5) is 25.9. The molecule has 94 valence electrons. The lowest BCUT2D eigenvalue weighted by Gasteiger charge is -1.99. The molecule has 0 spiro atoms. The Labute approximate surface area is 107 Å². The Morgan fingerprint density at radius 2 is 1.95 bits per heavy atom. The molecule has 19 heavy (non-hydrogen) atoms. The number of fused-ring (bicyclic) bond motifs is 1. The van der Waals surface area contributed by atoms with E-state index >= 15 is 0 Å². The number of carboxylic acid groups (broad SMARTS) is 1. The molecule has 0 fully saturated rings. The van der Waals surface area contributed by atoms with Crippen molar-refractivity contribution in [2.75, 3.05) is 0 Å². The highest BCUT2D eigenvalue weighted by atomic mass is 16.4. The molecule has 0 saturated carbocycles. The highest BCUT2D eigenvalue weighted by Gasteiger charge is 2.22. The minimum Gasteiger partial charge on any atom is -0.478 e. The van der Waals surface area contributed by atoms with Crippen LogP contribution in [0, 0.1) is 0 Å². The number of pyridine rings is 1. The number of carboxylic acids is 1. The first-order valence-corrected chi connectivity index (χ1v) is 5.57. The summed E-state index contributed by atoms with van der Waals surface area (Å²) in [6.07, 6.45) is 2.77. The van der Waals surface area contributed by atoms with Gasteiger partial charge in [-0.15, -0.1) is 0 Å². The number of benzene rings is 1. The van der Waals surface area contributed by atoms with E-state index in [1.54, 1.807) is 24.3 Å². The number of nitrogens with zero attached hydrogens (tertiary/aromatic N) is 2. The van der Waals surface area contributed by atoms with Gasteiger partial charge in [-0.25, -0.2) is 4.79 Å². The van der Waals surface area contributed by atoms with Crippen molar-refractivity contribution in [2.45, 2.75) is 0 Å². The number of para-hydroxylation sites is 1. The topological polar surface area (TPSA) is 88.0 Å². The van der Waals surface area contributed by atoms with E-state index in [0.29, 0.717) is 5.69 Å². The molecule has 0 amide bonds. The van der Waals surface area contributed by atoms with Gasteiger partial charge in [-0.3, -0.25) is 4.79 Å². The summed E-state index contributed by atoms with van der Waals surface area (Å²) in [6.45, 7) is 0. The summed E-state index contributed by atoms with van der Waals surface area (Å²) in [5.41, 5.74) is 0.661. The van der Waals surface area contributed by atoms with Crippen LogP contribution < -0.4 is 5.56 Å². The van der Waals surface area contributed by atoms with Gasteiger partial charge in [0.1, 0.15) is 11.3 Å². The molecule has 2 aliphatic heterocycles. The SMILES string of the molecule is O=C(O)c1c[nH]cc2c(=O)n(-c3ccccc3)nc1-2. The van der Waals surface area contributed by atoms with Gasteiger partial charge in [-0.1, -0.05) is 18.2 Å². The Kier molecular flexibility index (Phi) is 2.42. The second-order valence-electron chi connectivity index (χ2n) is 3.99. The number of aromatic carboxylic acids is 1. The number of aromatic nitrogens is 3. The van der Waals surface area contributed by atoms with Crippen LogP contribution >= 0.6 is 0 Å². The average Bonchev–Trinajstić information content (AvgIpc) is 2.77. The fourth-order valence-corrected chi connectivity index (χ4v) is 1.93. The molecule has 6 heteroatoms. The van der Waals surface area contributed by atoms with Crippen molar-refractivity contribution < 1.29 is 9.90 Å². The third kappa shape index (κ3) is 1.70. The summed E-state index contributed by atoms with van der Waals surface area (Å²) in [5, 5.41) is 13.2. The molecule has 1 aromatic carbocycles. The van der Waals surface area contributed by atoms with Crippen LogP contribution in [-0.4, -0.2) is 25.8 Å². The number of hydrogen-bond donors (Lipinski definition) is 2. The zero-order valence-electron chi connectivity index (χ0n) is 9.70. The van der Waals surface area contributed by atoms with Crippen molar-refractivity contribution in [1.82, 2.24) is 14.8 Å². The van der Waals surface area contributed by atoms with Gasteiger partial charge >= 0.3 is 5.97 Å². The maximum absolute atomic E-state index is 12.2. The molecule has 6 nitrogen and oxygen atoms in total. The molecule has 0 saturated heterocycles. The molecule has 2 N–H and O–H groups in total. The summed E-state index contributed by atoms with van der Waals surface area (Å²) < 4.78 is 1.20. The maximum atomic E-state index is 12.2. The Morgan fingerprint density at radius 1 is 1.21 bits per heavy atom. The van der Waals surface area contributed by atoms with Gasteiger partial charge < -0.3 is 10.1 Å². The number of nitrogens with one attached hydrogen (secondary N) is 1. The zero-order valence-corrected chi connectivity index (χ0v) is 9.70. The van der Waals surface area contributed by atoms with Gasteiger partial charge in [0.05, 0.1) is 11.3 Å². The van der Waals surface area contributed by atoms with E-state index in [2.05, 4.69) is 10.1 Å². The smallest absolute Gasteiger partial charge is 0.339 e. The maximum Gasteiger partial charge on any atom is 0.339 e. The quantitative estimate of drug-likeness (QED) is 0.723. The standard InChI is InChI=1S/C13H9N3O3/c17-12-9-6-14-7-10(13(18)19)11(9)15-16(12)8-4-2-1-3-5-8/h1-7,14H,(H,18,19). The van der Waals surface area contributed by atoms with Crippen LogP contribution in [0.2, 0.25) is 0 Å². The van der Waals surface area contributed by atoms with E-state index < -0.39 is 5.97 Å². The summed E-state index contributed by atoms with van der Waals surface area (Å²) in [5.74, 6) is -1.13. The third-order valence-corrected chi connectivity index (χ3v) is 2.82. The Morgan fingerprint density at radius 3 is 2.63 bits per heavy atom. The van der Waals surface area contributed by atoms with E-state index in [1.165, 1.54) is 17.1 Å². The van der Waals surface area contributed by atoms with E-state index in [4.69, 9.17) is 5.11 Å². The molecule has 0 radical (unpaired) electrons. The monoisotopic (exact) mass is 255 g/mol. The average molecular weight is 255 g/mol. The number of carbonyl (C=O) groups is 1. The predicted molar refractivity (Wildman–Crippen MR) is 67.8 cm³/mol. The van der Waals surface area contributed by atoms with Crippen molar-refractivity contribution in [3.05, 3.63) is 58.6 Å². The van der Waals surface area contributed by atoms with Gasteiger partial charge in [0.15, 0.2) is 0 Å². The van der Waals surface area contributed by atoms with Crippen LogP contribution in [0.1, 0.15) is 10.4 Å². The second-order valence-corrected chi connectivity index (χ2v) is 3.99. The first-order chi connectivity index (χ1) is 9.18. The van der Waals surface area contributed by atoms with Gasteiger partial charge in [0.2, 0.25) is 0 Å². The largest absolute Gasteiger partial charge is 0.478 e. The molecule has 2 heterocycles. The molecule has 0 unspecified atom stereocenters. The van der Waals surface area contributed by atoms with Crippen LogP contribution in [0.3, 0.4) is 0 Å². The second kappa shape index (κ2) is 4.09. The van der Waals surface area contributed by atoms with E-state index in [-0.39, 0.29) is 22.4 Å². The lowest BCUT2D eigenvalue weighted by atomic mass is 10.1. The first kappa shape index (κ1) is 11.2. The van der Waals surface area contributed by atoms with Crippen LogP contribution in [0.15, 0.2) is 47.5 Å². The van der Waals surface area contributed by atoms with E-state index in [0.717, 1.165) is 0 Å². The number of hydrogen-bond acceptors (Lipinski definition) is 3. The van der Waals surface area contributed by atoms with Crippen molar-refractivity contribution in [3.63, 3.8) is 0 Å². The van der Waals surface area contributed by atoms with Crippen molar-refractivity contribution >= 4 is 5.97 Å². The molecule has 1 aromatic rings. The van der Waals surface area contributed by atoms with E-state index in [1.807, 2.05) is 6.07 Å². The Bertz CT molecular complexity index is 774. The van der Waals surface area contributed by atoms with E-state index in [9.17, 15) is 9.59 Å². The van der Waals surface area contributed by atoms with Crippen molar-refractivity contribution in [1.29, 1.82) is 0 Å². The predicted octanol–water partition coefficient (Wildman–Crippen LogP) is 1.36.